The Labute approximate surface area is 126 Å². The maximum Gasteiger partial charge on any atom is 0.245 e. The van der Waals surface area contributed by atoms with E-state index in [2.05, 4.69) is 6.92 Å². The molecule has 0 saturated heterocycles. The number of halogens is 1. The van der Waals surface area contributed by atoms with Gasteiger partial charge >= 0.3 is 0 Å². The standard InChI is InChI=1S/C16H24ClNO2/c1-4-13-9-7-8-10-15(13)18(11-12-20-6-3)16(19)14(17)5-2/h7-10,14H,4-6,11-12H2,1-3H3. The van der Waals surface area contributed by atoms with Gasteiger partial charge in [-0.3, -0.25) is 4.79 Å². The van der Waals surface area contributed by atoms with Crippen molar-refractivity contribution in [1.82, 2.24) is 0 Å². The number of benzene rings is 1. The molecule has 0 aromatic heterocycles. The highest BCUT2D eigenvalue weighted by Gasteiger charge is 2.23. The number of anilines is 1. The van der Waals surface area contributed by atoms with Crippen LogP contribution in [0.3, 0.4) is 0 Å². The molecule has 1 rings (SSSR count). The van der Waals surface area contributed by atoms with Crippen molar-refractivity contribution in [3.8, 4) is 0 Å². The lowest BCUT2D eigenvalue weighted by Gasteiger charge is -2.26. The van der Waals surface area contributed by atoms with E-state index in [4.69, 9.17) is 16.3 Å². The van der Waals surface area contributed by atoms with Crippen LogP contribution in [-0.4, -0.2) is 31.0 Å². The number of aryl methyl sites for hydroxylation is 1. The molecule has 0 aliphatic carbocycles. The predicted molar refractivity (Wildman–Crippen MR) is 84.6 cm³/mol. The second kappa shape index (κ2) is 8.98. The van der Waals surface area contributed by atoms with E-state index in [1.54, 1.807) is 4.90 Å². The summed E-state index contributed by atoms with van der Waals surface area (Å²) in [5.74, 6) is -0.0465. The van der Waals surface area contributed by atoms with E-state index in [0.29, 0.717) is 26.2 Å². The van der Waals surface area contributed by atoms with Crippen LogP contribution >= 0.6 is 11.6 Å². The fourth-order valence-corrected chi connectivity index (χ4v) is 2.18. The third-order valence-electron chi connectivity index (χ3n) is 3.22. The molecule has 0 N–H and O–H groups in total. The van der Waals surface area contributed by atoms with E-state index in [0.717, 1.165) is 17.7 Å². The molecule has 0 aliphatic heterocycles. The molecule has 0 heterocycles. The smallest absolute Gasteiger partial charge is 0.245 e. The summed E-state index contributed by atoms with van der Waals surface area (Å²) < 4.78 is 5.39. The van der Waals surface area contributed by atoms with Crippen LogP contribution in [0.4, 0.5) is 5.69 Å². The summed E-state index contributed by atoms with van der Waals surface area (Å²) in [5, 5.41) is -0.485. The number of para-hydroxylation sites is 1. The van der Waals surface area contributed by atoms with E-state index < -0.39 is 5.38 Å². The monoisotopic (exact) mass is 297 g/mol. The average Bonchev–Trinajstić information content (AvgIpc) is 2.50. The van der Waals surface area contributed by atoms with E-state index in [-0.39, 0.29) is 5.91 Å². The third-order valence-corrected chi connectivity index (χ3v) is 3.71. The number of nitrogens with zero attached hydrogens (tertiary/aromatic N) is 1. The largest absolute Gasteiger partial charge is 0.380 e. The zero-order valence-corrected chi connectivity index (χ0v) is 13.3. The van der Waals surface area contributed by atoms with Gasteiger partial charge < -0.3 is 9.64 Å². The summed E-state index contributed by atoms with van der Waals surface area (Å²) in [6, 6.07) is 7.96. The Balaban J connectivity index is 2.99. The molecule has 1 aromatic rings. The number of ether oxygens (including phenoxy) is 1. The minimum Gasteiger partial charge on any atom is -0.380 e. The van der Waals surface area contributed by atoms with Crippen molar-refractivity contribution >= 4 is 23.2 Å². The molecule has 3 nitrogen and oxygen atoms in total. The number of carbonyl (C=O) groups is 1. The number of amides is 1. The molecule has 1 atom stereocenters. The zero-order valence-electron chi connectivity index (χ0n) is 12.6. The molecule has 0 fully saturated rings. The molecule has 0 radical (unpaired) electrons. The first-order chi connectivity index (χ1) is 9.65. The van der Waals surface area contributed by atoms with Crippen LogP contribution in [-0.2, 0) is 16.0 Å². The topological polar surface area (TPSA) is 29.5 Å². The van der Waals surface area contributed by atoms with Gasteiger partial charge in [0.1, 0.15) is 5.38 Å². The number of hydrogen-bond donors (Lipinski definition) is 0. The maximum absolute atomic E-state index is 12.5. The van der Waals surface area contributed by atoms with Gasteiger partial charge in [0.15, 0.2) is 0 Å². The molecule has 1 amide bonds. The minimum atomic E-state index is -0.485. The van der Waals surface area contributed by atoms with Gasteiger partial charge in [0, 0.05) is 18.8 Å². The number of hydrogen-bond acceptors (Lipinski definition) is 2. The summed E-state index contributed by atoms with van der Waals surface area (Å²) in [7, 11) is 0. The van der Waals surface area contributed by atoms with Crippen molar-refractivity contribution in [2.45, 2.75) is 39.0 Å². The Bertz CT molecular complexity index is 423. The first-order valence-electron chi connectivity index (χ1n) is 7.26. The van der Waals surface area contributed by atoms with Gasteiger partial charge in [-0.1, -0.05) is 32.0 Å². The fraction of sp³-hybridized carbons (Fsp3) is 0.562. The van der Waals surface area contributed by atoms with E-state index >= 15 is 0 Å². The summed E-state index contributed by atoms with van der Waals surface area (Å²) in [4.78, 5) is 14.2. The summed E-state index contributed by atoms with van der Waals surface area (Å²) in [6.45, 7) is 7.66. The lowest BCUT2D eigenvalue weighted by Crippen LogP contribution is -2.39. The molecule has 4 heteroatoms. The van der Waals surface area contributed by atoms with Gasteiger partial charge in [0.2, 0.25) is 5.91 Å². The fourth-order valence-electron chi connectivity index (χ4n) is 2.07. The predicted octanol–water partition coefficient (Wildman–Crippen LogP) is 3.64. The van der Waals surface area contributed by atoms with Gasteiger partial charge in [-0.2, -0.15) is 0 Å². The molecule has 1 unspecified atom stereocenters. The number of carbonyl (C=O) groups excluding carboxylic acids is 1. The van der Waals surface area contributed by atoms with Gasteiger partial charge in [0.05, 0.1) is 6.61 Å². The average molecular weight is 298 g/mol. The Morgan fingerprint density at radius 3 is 2.60 bits per heavy atom. The summed E-state index contributed by atoms with van der Waals surface area (Å²) >= 11 is 6.14. The van der Waals surface area contributed by atoms with E-state index in [9.17, 15) is 4.79 Å². The lowest BCUT2D eigenvalue weighted by molar-refractivity contribution is -0.118. The van der Waals surface area contributed by atoms with Crippen LogP contribution < -0.4 is 4.90 Å². The van der Waals surface area contributed by atoms with Crippen molar-refractivity contribution in [2.75, 3.05) is 24.7 Å². The highest BCUT2D eigenvalue weighted by molar-refractivity contribution is 6.32. The molecular weight excluding hydrogens is 274 g/mol. The third kappa shape index (κ3) is 4.50. The van der Waals surface area contributed by atoms with Crippen molar-refractivity contribution in [1.29, 1.82) is 0 Å². The molecule has 0 bridgehead atoms. The molecule has 0 saturated carbocycles. The van der Waals surface area contributed by atoms with Crippen LogP contribution in [0.1, 0.15) is 32.8 Å². The highest BCUT2D eigenvalue weighted by Crippen LogP contribution is 2.23. The van der Waals surface area contributed by atoms with Gasteiger partial charge in [-0.15, -0.1) is 11.6 Å². The van der Waals surface area contributed by atoms with Crippen molar-refractivity contribution < 1.29 is 9.53 Å². The minimum absolute atomic E-state index is 0.0465. The van der Waals surface area contributed by atoms with Crippen molar-refractivity contribution in [3.63, 3.8) is 0 Å². The summed E-state index contributed by atoms with van der Waals surface area (Å²) in [5.41, 5.74) is 2.09. The molecule has 20 heavy (non-hydrogen) atoms. The molecule has 1 aromatic carbocycles. The van der Waals surface area contributed by atoms with E-state index in [1.807, 2.05) is 38.1 Å². The number of rotatable bonds is 8. The zero-order chi connectivity index (χ0) is 15.0. The number of alkyl halides is 1. The second-order valence-corrected chi connectivity index (χ2v) is 5.07. The Morgan fingerprint density at radius 1 is 1.30 bits per heavy atom. The molecule has 0 spiro atoms. The van der Waals surface area contributed by atoms with E-state index in [1.165, 1.54) is 0 Å². The molecule has 112 valence electrons. The first kappa shape index (κ1) is 17.0. The highest BCUT2D eigenvalue weighted by atomic mass is 35.5. The van der Waals surface area contributed by atoms with Gasteiger partial charge in [-0.25, -0.2) is 0 Å². The Morgan fingerprint density at radius 2 is 2.00 bits per heavy atom. The van der Waals surface area contributed by atoms with Crippen LogP contribution in [0.25, 0.3) is 0 Å². The normalized spacial score (nSPS) is 12.2. The van der Waals surface area contributed by atoms with Gasteiger partial charge in [-0.05, 0) is 31.4 Å². The maximum atomic E-state index is 12.5. The Kier molecular flexibility index (Phi) is 7.63. The molecule has 0 aliphatic rings. The van der Waals surface area contributed by atoms with Crippen molar-refractivity contribution in [2.24, 2.45) is 0 Å². The van der Waals surface area contributed by atoms with Crippen LogP contribution in [0, 0.1) is 0 Å². The molecular formula is C16H24ClNO2. The Hall–Kier alpha value is -1.06. The lowest BCUT2D eigenvalue weighted by atomic mass is 10.1. The van der Waals surface area contributed by atoms with Crippen molar-refractivity contribution in [3.05, 3.63) is 29.8 Å². The van der Waals surface area contributed by atoms with Crippen LogP contribution in [0.15, 0.2) is 24.3 Å². The SMILES string of the molecule is CCOCCN(C(=O)C(Cl)CC)c1ccccc1CC. The second-order valence-electron chi connectivity index (χ2n) is 4.54. The van der Waals surface area contributed by atoms with Crippen LogP contribution in [0.2, 0.25) is 0 Å². The van der Waals surface area contributed by atoms with Crippen LogP contribution in [0.5, 0.6) is 0 Å². The first-order valence-corrected chi connectivity index (χ1v) is 7.70. The quantitative estimate of drug-likeness (QED) is 0.541. The summed E-state index contributed by atoms with van der Waals surface area (Å²) in [6.07, 6.45) is 1.51. The van der Waals surface area contributed by atoms with Gasteiger partial charge in [0.25, 0.3) is 0 Å².